The number of aliphatic imine (C=N–C) groups is 1. The first-order valence-corrected chi connectivity index (χ1v) is 11.4. The number of ether oxygens (including phenoxy) is 2. The third-order valence-corrected chi connectivity index (χ3v) is 5.67. The molecule has 9 nitrogen and oxygen atoms in total. The normalized spacial score (nSPS) is 23.5. The molecule has 1 aliphatic carbocycles. The van der Waals surface area contributed by atoms with Gasteiger partial charge in [-0.05, 0) is 52.9 Å². The average molecular weight is 440 g/mol. The van der Waals surface area contributed by atoms with Crippen LogP contribution in [0.1, 0.15) is 47.0 Å². The van der Waals surface area contributed by atoms with Crippen LogP contribution < -0.4 is 10.6 Å². The van der Waals surface area contributed by atoms with Gasteiger partial charge >= 0.3 is 6.09 Å². The Labute approximate surface area is 186 Å². The number of fused-ring (bicyclic) bond motifs is 1. The summed E-state index contributed by atoms with van der Waals surface area (Å²) in [5, 5.41) is 6.48. The number of likely N-dealkylation sites (tertiary alicyclic amines) is 1. The molecule has 0 aromatic heterocycles. The predicted octanol–water partition coefficient (Wildman–Crippen LogP) is 1.68. The molecule has 1 heterocycles. The van der Waals surface area contributed by atoms with E-state index >= 15 is 0 Å². The van der Waals surface area contributed by atoms with Crippen molar-refractivity contribution in [2.24, 2.45) is 16.8 Å². The van der Waals surface area contributed by atoms with Crippen LogP contribution in [-0.4, -0.2) is 92.9 Å². The van der Waals surface area contributed by atoms with E-state index in [9.17, 15) is 9.59 Å². The maximum atomic E-state index is 12.3. The Balaban J connectivity index is 1.97. The first kappa shape index (κ1) is 25.2. The highest BCUT2D eigenvalue weighted by Crippen LogP contribution is 2.38. The van der Waals surface area contributed by atoms with Gasteiger partial charge in [-0.2, -0.15) is 0 Å². The van der Waals surface area contributed by atoms with Crippen LogP contribution in [0.3, 0.4) is 0 Å². The van der Waals surface area contributed by atoms with Crippen LogP contribution in [0.5, 0.6) is 0 Å². The van der Waals surface area contributed by atoms with E-state index in [0.29, 0.717) is 25.0 Å². The van der Waals surface area contributed by atoms with Crippen LogP contribution in [0.25, 0.3) is 0 Å². The summed E-state index contributed by atoms with van der Waals surface area (Å²) in [6.07, 6.45) is 2.56. The van der Waals surface area contributed by atoms with Crippen LogP contribution in [0, 0.1) is 11.8 Å². The number of carbonyl (C=O) groups excluding carboxylic acids is 2. The Morgan fingerprint density at radius 1 is 1.19 bits per heavy atom. The van der Waals surface area contributed by atoms with Crippen molar-refractivity contribution in [3.05, 3.63) is 0 Å². The van der Waals surface area contributed by atoms with Crippen LogP contribution in [0.15, 0.2) is 4.99 Å². The molecule has 0 bridgehead atoms. The minimum atomic E-state index is -0.506. The lowest BCUT2D eigenvalue weighted by Gasteiger charge is -2.26. The van der Waals surface area contributed by atoms with Crippen molar-refractivity contribution < 1.29 is 19.1 Å². The molecule has 3 unspecified atom stereocenters. The molecule has 0 aromatic rings. The molecule has 1 saturated heterocycles. The molecule has 2 amide bonds. The van der Waals surface area contributed by atoms with Gasteiger partial charge in [0.25, 0.3) is 0 Å². The van der Waals surface area contributed by atoms with Crippen LogP contribution in [0.4, 0.5) is 4.79 Å². The standard InChI is InChI=1S/C22H41N5O4/c1-7-30-12-8-11-23-20(24-13-19(28)26(5)6)27-14-16-9-10-18(17(16)15-27)25-21(29)31-22(2,3)4/h16-18H,7-15H2,1-6H3,(H,23,24)(H,25,29). The summed E-state index contributed by atoms with van der Waals surface area (Å²) in [7, 11) is 3.47. The number of carbonyl (C=O) groups is 2. The molecule has 0 spiro atoms. The number of hydrogen-bond donors (Lipinski definition) is 2. The second kappa shape index (κ2) is 11.5. The number of rotatable bonds is 8. The molecule has 3 atom stereocenters. The summed E-state index contributed by atoms with van der Waals surface area (Å²) < 4.78 is 10.9. The van der Waals surface area contributed by atoms with Crippen LogP contribution in [0.2, 0.25) is 0 Å². The Hall–Kier alpha value is -2.03. The fraction of sp³-hybridized carbons (Fsp3) is 0.864. The molecule has 2 aliphatic rings. The lowest BCUT2D eigenvalue weighted by atomic mass is 9.98. The minimum Gasteiger partial charge on any atom is -0.444 e. The Kier molecular flexibility index (Phi) is 9.40. The largest absolute Gasteiger partial charge is 0.444 e. The lowest BCUT2D eigenvalue weighted by Crippen LogP contribution is -2.45. The third kappa shape index (κ3) is 8.20. The van der Waals surface area contributed by atoms with Gasteiger partial charge in [-0.15, -0.1) is 0 Å². The number of likely N-dealkylation sites (N-methyl/N-ethyl adjacent to an activating group) is 1. The zero-order valence-electron chi connectivity index (χ0n) is 20.1. The molecular formula is C22H41N5O4. The second-order valence-corrected chi connectivity index (χ2v) is 9.56. The fourth-order valence-corrected chi connectivity index (χ4v) is 4.15. The molecule has 0 radical (unpaired) electrons. The van der Waals surface area contributed by atoms with Gasteiger partial charge in [0.15, 0.2) is 5.96 Å². The summed E-state index contributed by atoms with van der Waals surface area (Å²) in [4.78, 5) is 32.7. The van der Waals surface area contributed by atoms with Crippen molar-refractivity contribution >= 4 is 18.0 Å². The fourth-order valence-electron chi connectivity index (χ4n) is 4.15. The van der Waals surface area contributed by atoms with Gasteiger partial charge in [-0.1, -0.05) is 0 Å². The van der Waals surface area contributed by atoms with Gasteiger partial charge < -0.3 is 29.9 Å². The zero-order valence-corrected chi connectivity index (χ0v) is 20.1. The van der Waals surface area contributed by atoms with Crippen molar-refractivity contribution in [3.8, 4) is 0 Å². The molecule has 1 aliphatic heterocycles. The number of hydrogen-bond acceptors (Lipinski definition) is 5. The van der Waals surface area contributed by atoms with Crippen LogP contribution >= 0.6 is 0 Å². The van der Waals surface area contributed by atoms with E-state index < -0.39 is 5.60 Å². The molecule has 1 saturated carbocycles. The van der Waals surface area contributed by atoms with Gasteiger partial charge in [0.2, 0.25) is 5.91 Å². The zero-order chi connectivity index (χ0) is 23.0. The van der Waals surface area contributed by atoms with Crippen molar-refractivity contribution in [1.82, 2.24) is 20.4 Å². The van der Waals surface area contributed by atoms with Gasteiger partial charge in [0.05, 0.1) is 0 Å². The smallest absolute Gasteiger partial charge is 0.407 e. The highest BCUT2D eigenvalue weighted by atomic mass is 16.6. The Morgan fingerprint density at radius 3 is 2.58 bits per heavy atom. The maximum absolute atomic E-state index is 12.3. The van der Waals surface area contributed by atoms with E-state index in [2.05, 4.69) is 20.5 Å². The summed E-state index contributed by atoms with van der Waals surface area (Å²) in [5.41, 5.74) is -0.506. The van der Waals surface area contributed by atoms with Gasteiger partial charge in [0, 0.05) is 58.9 Å². The highest BCUT2D eigenvalue weighted by molar-refractivity contribution is 5.85. The van der Waals surface area contributed by atoms with Crippen LogP contribution in [-0.2, 0) is 14.3 Å². The van der Waals surface area contributed by atoms with E-state index in [4.69, 9.17) is 9.47 Å². The summed E-state index contributed by atoms with van der Waals surface area (Å²) in [6.45, 7) is 11.5. The molecule has 2 rings (SSSR count). The van der Waals surface area contributed by atoms with E-state index in [1.807, 2.05) is 27.7 Å². The van der Waals surface area contributed by atoms with E-state index in [1.165, 1.54) is 0 Å². The minimum absolute atomic E-state index is 0.0301. The average Bonchev–Trinajstić information content (AvgIpc) is 3.24. The topological polar surface area (TPSA) is 95.5 Å². The summed E-state index contributed by atoms with van der Waals surface area (Å²) in [5.74, 6) is 1.59. The van der Waals surface area contributed by atoms with E-state index in [-0.39, 0.29) is 24.6 Å². The SMILES string of the molecule is CCOCCCNC(=NCC(=O)N(C)C)N1CC2CCC(NC(=O)OC(C)(C)C)C2C1. The molecule has 0 aromatic carbocycles. The molecule has 2 N–H and O–H groups in total. The summed E-state index contributed by atoms with van der Waals surface area (Å²) in [6, 6.07) is 0.104. The molecule has 9 heteroatoms. The molecule has 178 valence electrons. The van der Waals surface area contributed by atoms with E-state index in [1.54, 1.807) is 19.0 Å². The third-order valence-electron chi connectivity index (χ3n) is 5.67. The first-order valence-electron chi connectivity index (χ1n) is 11.4. The second-order valence-electron chi connectivity index (χ2n) is 9.56. The quantitative estimate of drug-likeness (QED) is 0.339. The van der Waals surface area contributed by atoms with Crippen molar-refractivity contribution in [2.75, 3.05) is 53.5 Å². The Morgan fingerprint density at radius 2 is 1.94 bits per heavy atom. The number of nitrogens with one attached hydrogen (secondary N) is 2. The predicted molar refractivity (Wildman–Crippen MR) is 121 cm³/mol. The number of guanidine groups is 1. The van der Waals surface area contributed by atoms with Gasteiger partial charge in [-0.3, -0.25) is 4.79 Å². The first-order chi connectivity index (χ1) is 14.6. The van der Waals surface area contributed by atoms with Crippen molar-refractivity contribution in [2.45, 2.75) is 58.6 Å². The molecule has 31 heavy (non-hydrogen) atoms. The number of amides is 2. The highest BCUT2D eigenvalue weighted by Gasteiger charge is 2.44. The number of nitrogens with zero attached hydrogens (tertiary/aromatic N) is 3. The monoisotopic (exact) mass is 439 g/mol. The summed E-state index contributed by atoms with van der Waals surface area (Å²) >= 11 is 0. The van der Waals surface area contributed by atoms with Gasteiger partial charge in [0.1, 0.15) is 12.1 Å². The van der Waals surface area contributed by atoms with Crippen molar-refractivity contribution in [1.29, 1.82) is 0 Å². The number of alkyl carbamates (subject to hydrolysis) is 1. The van der Waals surface area contributed by atoms with Gasteiger partial charge in [-0.25, -0.2) is 9.79 Å². The Bertz CT molecular complexity index is 632. The molecule has 2 fully saturated rings. The van der Waals surface area contributed by atoms with Crippen molar-refractivity contribution in [3.63, 3.8) is 0 Å². The van der Waals surface area contributed by atoms with E-state index in [0.717, 1.165) is 44.9 Å². The maximum Gasteiger partial charge on any atom is 0.407 e. The lowest BCUT2D eigenvalue weighted by molar-refractivity contribution is -0.127. The molecular weight excluding hydrogens is 398 g/mol.